The molecule has 4 rings (SSSR count). The summed E-state index contributed by atoms with van der Waals surface area (Å²) in [6.45, 7) is 0. The second-order valence-corrected chi connectivity index (χ2v) is 8.67. The second kappa shape index (κ2) is 8.41. The normalized spacial score (nSPS) is 21.8. The first-order valence-electron chi connectivity index (χ1n) is 8.60. The molecule has 1 saturated heterocycles. The number of halogens is 5. The molecule has 3 aromatic carbocycles. The summed E-state index contributed by atoms with van der Waals surface area (Å²) in [7, 11) is 0. The van der Waals surface area contributed by atoms with E-state index in [9.17, 15) is 0 Å². The van der Waals surface area contributed by atoms with E-state index in [2.05, 4.69) is 10.6 Å². The van der Waals surface area contributed by atoms with Crippen molar-refractivity contribution in [1.82, 2.24) is 10.6 Å². The third kappa shape index (κ3) is 4.01. The van der Waals surface area contributed by atoms with E-state index in [0.717, 1.165) is 16.7 Å². The van der Waals surface area contributed by atoms with E-state index in [4.69, 9.17) is 58.0 Å². The van der Waals surface area contributed by atoms with Gasteiger partial charge in [-0.25, -0.2) is 0 Å². The summed E-state index contributed by atoms with van der Waals surface area (Å²) in [4.78, 5) is 0. The highest BCUT2D eigenvalue weighted by Gasteiger charge is 2.38. The fourth-order valence-corrected chi connectivity index (χ4v) is 4.83. The van der Waals surface area contributed by atoms with Crippen molar-refractivity contribution in [3.63, 3.8) is 0 Å². The zero-order valence-electron chi connectivity index (χ0n) is 14.4. The molecule has 0 amide bonds. The maximum atomic E-state index is 6.52. The summed E-state index contributed by atoms with van der Waals surface area (Å²) in [5.74, 6) is 0. The average molecular weight is 473 g/mol. The molecule has 0 bridgehead atoms. The Morgan fingerprint density at radius 3 is 1.50 bits per heavy atom. The standard InChI is InChI=1S/C21H15Cl5N2/c22-11-5-7-13(17(25)9-11)19-20(14-8-6-12(23)10-18(14)26)28-21(27-19)15-3-1-2-4-16(15)24/h1-10,19-21,27-28H. The Morgan fingerprint density at radius 2 is 1.04 bits per heavy atom. The van der Waals surface area contributed by atoms with Gasteiger partial charge in [-0.3, -0.25) is 10.6 Å². The Balaban J connectivity index is 1.79. The summed E-state index contributed by atoms with van der Waals surface area (Å²) in [5.41, 5.74) is 2.79. The third-order valence-electron chi connectivity index (χ3n) is 4.84. The minimum atomic E-state index is -0.179. The van der Waals surface area contributed by atoms with Crippen LogP contribution in [0.3, 0.4) is 0 Å². The van der Waals surface area contributed by atoms with Crippen LogP contribution in [0.2, 0.25) is 25.1 Å². The smallest absolute Gasteiger partial charge is 0.0860 e. The van der Waals surface area contributed by atoms with Gasteiger partial charge in [0.25, 0.3) is 0 Å². The predicted octanol–water partition coefficient (Wildman–Crippen LogP) is 7.63. The molecule has 2 N–H and O–H groups in total. The van der Waals surface area contributed by atoms with Crippen molar-refractivity contribution in [2.75, 3.05) is 0 Å². The Labute approximate surface area is 188 Å². The minimum absolute atomic E-state index is 0.148. The Kier molecular flexibility index (Phi) is 6.10. The van der Waals surface area contributed by atoms with Gasteiger partial charge in [0.1, 0.15) is 0 Å². The van der Waals surface area contributed by atoms with E-state index in [1.54, 1.807) is 12.1 Å². The van der Waals surface area contributed by atoms with Crippen LogP contribution < -0.4 is 10.6 Å². The lowest BCUT2D eigenvalue weighted by atomic mass is 9.95. The number of hydrogen-bond donors (Lipinski definition) is 2. The molecular weight excluding hydrogens is 458 g/mol. The summed E-state index contributed by atoms with van der Waals surface area (Å²) < 4.78 is 0. The van der Waals surface area contributed by atoms with Crippen LogP contribution in [0.1, 0.15) is 34.9 Å². The van der Waals surface area contributed by atoms with Crippen molar-refractivity contribution in [3.8, 4) is 0 Å². The third-order valence-corrected chi connectivity index (χ3v) is 6.31. The van der Waals surface area contributed by atoms with Gasteiger partial charge in [-0.2, -0.15) is 0 Å². The van der Waals surface area contributed by atoms with Crippen molar-refractivity contribution in [2.24, 2.45) is 0 Å². The van der Waals surface area contributed by atoms with E-state index in [1.165, 1.54) is 0 Å². The van der Waals surface area contributed by atoms with E-state index in [1.807, 2.05) is 48.5 Å². The molecule has 0 saturated carbocycles. The molecule has 0 aliphatic carbocycles. The largest absolute Gasteiger partial charge is 0.289 e. The Hall–Kier alpha value is -0.970. The Bertz CT molecular complexity index is 964. The van der Waals surface area contributed by atoms with Gasteiger partial charge in [-0.05, 0) is 41.5 Å². The van der Waals surface area contributed by atoms with Crippen LogP contribution in [-0.4, -0.2) is 0 Å². The van der Waals surface area contributed by atoms with Crippen molar-refractivity contribution in [1.29, 1.82) is 0 Å². The van der Waals surface area contributed by atoms with Crippen LogP contribution in [0.4, 0.5) is 0 Å². The van der Waals surface area contributed by atoms with Gasteiger partial charge >= 0.3 is 0 Å². The molecule has 1 aliphatic heterocycles. The fraction of sp³-hybridized carbons (Fsp3) is 0.143. The zero-order chi connectivity index (χ0) is 19.8. The monoisotopic (exact) mass is 470 g/mol. The molecule has 1 heterocycles. The van der Waals surface area contributed by atoms with Crippen molar-refractivity contribution >= 4 is 58.0 Å². The molecule has 2 atom stereocenters. The Morgan fingerprint density at radius 1 is 0.536 bits per heavy atom. The molecule has 0 radical (unpaired) electrons. The molecule has 2 unspecified atom stereocenters. The van der Waals surface area contributed by atoms with Gasteiger partial charge < -0.3 is 0 Å². The zero-order valence-corrected chi connectivity index (χ0v) is 18.2. The SMILES string of the molecule is Clc1ccc(C2NC(c3ccccc3Cl)NC2c2ccc(Cl)cc2Cl)c(Cl)c1. The van der Waals surface area contributed by atoms with Crippen molar-refractivity contribution < 1.29 is 0 Å². The highest BCUT2D eigenvalue weighted by Crippen LogP contribution is 2.43. The first-order valence-corrected chi connectivity index (χ1v) is 10.5. The lowest BCUT2D eigenvalue weighted by molar-refractivity contribution is 0.554. The molecule has 7 heteroatoms. The van der Waals surface area contributed by atoms with Gasteiger partial charge in [-0.1, -0.05) is 88.3 Å². The summed E-state index contributed by atoms with van der Waals surface area (Å²) in [5, 5.41) is 10.2. The number of hydrogen-bond acceptors (Lipinski definition) is 2. The lowest BCUT2D eigenvalue weighted by Gasteiger charge is -2.22. The number of benzene rings is 3. The van der Waals surface area contributed by atoms with E-state index in [0.29, 0.717) is 25.1 Å². The fourth-order valence-electron chi connectivity index (χ4n) is 3.53. The van der Waals surface area contributed by atoms with Gasteiger partial charge in [0.15, 0.2) is 0 Å². The molecule has 28 heavy (non-hydrogen) atoms. The van der Waals surface area contributed by atoms with Crippen LogP contribution in [0.25, 0.3) is 0 Å². The van der Waals surface area contributed by atoms with E-state index < -0.39 is 0 Å². The van der Waals surface area contributed by atoms with Crippen molar-refractivity contribution in [3.05, 3.63) is 102 Å². The maximum absolute atomic E-state index is 6.52. The minimum Gasteiger partial charge on any atom is -0.289 e. The topological polar surface area (TPSA) is 24.1 Å². The van der Waals surface area contributed by atoms with E-state index in [-0.39, 0.29) is 18.2 Å². The second-order valence-electron chi connectivity index (χ2n) is 6.57. The highest BCUT2D eigenvalue weighted by atomic mass is 35.5. The first-order chi connectivity index (χ1) is 13.4. The molecule has 2 nitrogen and oxygen atoms in total. The van der Waals surface area contributed by atoms with Gasteiger partial charge in [0.2, 0.25) is 0 Å². The quantitative estimate of drug-likeness (QED) is 0.409. The number of nitrogens with one attached hydrogen (secondary N) is 2. The van der Waals surface area contributed by atoms with Gasteiger partial charge in [0, 0.05) is 30.7 Å². The van der Waals surface area contributed by atoms with Crippen LogP contribution in [-0.2, 0) is 0 Å². The van der Waals surface area contributed by atoms with Crippen molar-refractivity contribution in [2.45, 2.75) is 18.2 Å². The maximum Gasteiger partial charge on any atom is 0.0860 e. The van der Waals surface area contributed by atoms with Gasteiger partial charge in [-0.15, -0.1) is 0 Å². The van der Waals surface area contributed by atoms with Crippen LogP contribution >= 0.6 is 58.0 Å². The molecular formula is C21H15Cl5N2. The van der Waals surface area contributed by atoms with Crippen LogP contribution in [0.5, 0.6) is 0 Å². The van der Waals surface area contributed by atoms with Gasteiger partial charge in [0.05, 0.1) is 18.2 Å². The molecule has 0 aromatic heterocycles. The van der Waals surface area contributed by atoms with Crippen LogP contribution in [0, 0.1) is 0 Å². The lowest BCUT2D eigenvalue weighted by Crippen LogP contribution is -2.22. The van der Waals surface area contributed by atoms with E-state index >= 15 is 0 Å². The predicted molar refractivity (Wildman–Crippen MR) is 119 cm³/mol. The summed E-state index contributed by atoms with van der Waals surface area (Å²) in [6.07, 6.45) is -0.179. The summed E-state index contributed by atoms with van der Waals surface area (Å²) in [6, 6.07) is 18.4. The van der Waals surface area contributed by atoms with Crippen LogP contribution in [0.15, 0.2) is 60.7 Å². The molecule has 1 fully saturated rings. The molecule has 144 valence electrons. The average Bonchev–Trinajstić information content (AvgIpc) is 3.06. The molecule has 1 aliphatic rings. The highest BCUT2D eigenvalue weighted by molar-refractivity contribution is 6.35. The molecule has 0 spiro atoms. The first kappa shape index (κ1) is 20.3. The number of rotatable bonds is 3. The molecule has 3 aromatic rings. The summed E-state index contributed by atoms with van der Waals surface area (Å²) >= 11 is 31.7.